The molecule has 0 bridgehead atoms. The van der Waals surface area contributed by atoms with Crippen molar-refractivity contribution in [3.05, 3.63) is 58.2 Å². The van der Waals surface area contributed by atoms with Gasteiger partial charge in [-0.25, -0.2) is 4.39 Å². The van der Waals surface area contributed by atoms with Gasteiger partial charge in [0, 0.05) is 25.8 Å². The third-order valence-corrected chi connectivity index (χ3v) is 5.24. The zero-order chi connectivity index (χ0) is 21.5. The highest BCUT2D eigenvalue weighted by Crippen LogP contribution is 2.40. The number of ketones is 1. The van der Waals surface area contributed by atoms with Crippen LogP contribution in [0.4, 0.5) is 4.39 Å². The Morgan fingerprint density at radius 2 is 1.97 bits per heavy atom. The van der Waals surface area contributed by atoms with Crippen LogP contribution < -0.4 is 0 Å². The molecule has 1 N–H and O–H groups in total. The Morgan fingerprint density at radius 3 is 2.52 bits per heavy atom. The first kappa shape index (κ1) is 20.7. The van der Waals surface area contributed by atoms with Crippen LogP contribution in [0, 0.1) is 19.7 Å². The van der Waals surface area contributed by atoms with Crippen LogP contribution in [0.15, 0.2) is 29.8 Å². The predicted molar refractivity (Wildman–Crippen MR) is 107 cm³/mol. The molecule has 1 aliphatic heterocycles. The predicted octanol–water partition coefficient (Wildman–Crippen LogP) is 2.16. The second-order valence-corrected chi connectivity index (χ2v) is 7.52. The van der Waals surface area contributed by atoms with Gasteiger partial charge in [0.25, 0.3) is 11.7 Å². The number of aryl methyl sites for hydroxylation is 2. The quantitative estimate of drug-likeness (QED) is 0.473. The van der Waals surface area contributed by atoms with Crippen LogP contribution in [0.3, 0.4) is 0 Å². The van der Waals surface area contributed by atoms with E-state index in [0.29, 0.717) is 29.1 Å². The van der Waals surface area contributed by atoms with Gasteiger partial charge in [-0.05, 0) is 45.6 Å². The van der Waals surface area contributed by atoms with E-state index < -0.39 is 23.5 Å². The van der Waals surface area contributed by atoms with Gasteiger partial charge in [-0.2, -0.15) is 5.10 Å². The Kier molecular flexibility index (Phi) is 5.57. The lowest BCUT2D eigenvalue weighted by Gasteiger charge is -2.26. The number of amides is 1. The summed E-state index contributed by atoms with van der Waals surface area (Å²) in [4.78, 5) is 29.0. The fraction of sp³-hybridized carbons (Fsp3) is 0.381. The maximum absolute atomic E-state index is 14.0. The summed E-state index contributed by atoms with van der Waals surface area (Å²) in [5.74, 6) is -2.25. The molecule has 1 saturated heterocycles. The lowest BCUT2D eigenvalue weighted by Crippen LogP contribution is -2.35. The second-order valence-electron chi connectivity index (χ2n) is 7.52. The average Bonchev–Trinajstić information content (AvgIpc) is 3.05. The van der Waals surface area contributed by atoms with E-state index in [1.54, 1.807) is 31.6 Å². The Balaban J connectivity index is 2.22. The Labute approximate surface area is 169 Å². The molecular formula is C21H25FN4O3. The van der Waals surface area contributed by atoms with E-state index in [1.165, 1.54) is 23.1 Å². The average molecular weight is 400 g/mol. The molecule has 3 rings (SSSR count). The summed E-state index contributed by atoms with van der Waals surface area (Å²) in [5, 5.41) is 15.4. The summed E-state index contributed by atoms with van der Waals surface area (Å²) < 4.78 is 15.6. The van der Waals surface area contributed by atoms with Crippen molar-refractivity contribution in [3.63, 3.8) is 0 Å². The van der Waals surface area contributed by atoms with E-state index in [1.807, 2.05) is 19.0 Å². The van der Waals surface area contributed by atoms with E-state index in [2.05, 4.69) is 5.10 Å². The molecule has 2 heterocycles. The Hall–Kier alpha value is -3.00. The van der Waals surface area contributed by atoms with Crippen LogP contribution in [0.25, 0.3) is 5.76 Å². The number of likely N-dealkylation sites (N-methyl/N-ethyl adjacent to an activating group) is 1. The van der Waals surface area contributed by atoms with Crippen LogP contribution in [0.5, 0.6) is 0 Å². The minimum absolute atomic E-state index is 0.0430. The molecule has 1 aromatic carbocycles. The zero-order valence-electron chi connectivity index (χ0n) is 17.2. The second kappa shape index (κ2) is 7.79. The summed E-state index contributed by atoms with van der Waals surface area (Å²) >= 11 is 0. The molecule has 1 amide bonds. The number of hydrogen-bond donors (Lipinski definition) is 1. The number of benzene rings is 1. The van der Waals surface area contributed by atoms with Crippen molar-refractivity contribution >= 4 is 17.4 Å². The number of aromatic nitrogens is 2. The number of likely N-dealkylation sites (tertiary alicyclic amines) is 1. The van der Waals surface area contributed by atoms with Crippen molar-refractivity contribution in [3.8, 4) is 0 Å². The summed E-state index contributed by atoms with van der Waals surface area (Å²) in [7, 11) is 5.45. The number of halogens is 1. The van der Waals surface area contributed by atoms with E-state index >= 15 is 0 Å². The van der Waals surface area contributed by atoms with Gasteiger partial charge in [-0.3, -0.25) is 14.3 Å². The van der Waals surface area contributed by atoms with Crippen LogP contribution in [-0.4, -0.2) is 63.6 Å². The van der Waals surface area contributed by atoms with Crippen molar-refractivity contribution < 1.29 is 19.1 Å². The number of aliphatic hydroxyl groups is 1. The number of hydrogen-bond acceptors (Lipinski definition) is 5. The first-order valence-corrected chi connectivity index (χ1v) is 9.32. The molecule has 1 aliphatic rings. The highest BCUT2D eigenvalue weighted by molar-refractivity contribution is 6.46. The molecule has 7 nitrogen and oxygen atoms in total. The molecule has 154 valence electrons. The third kappa shape index (κ3) is 3.67. The van der Waals surface area contributed by atoms with Gasteiger partial charge in [0.2, 0.25) is 0 Å². The molecule has 8 heteroatoms. The van der Waals surface area contributed by atoms with Crippen LogP contribution >= 0.6 is 0 Å². The molecule has 1 unspecified atom stereocenters. The van der Waals surface area contributed by atoms with Gasteiger partial charge in [0.05, 0.1) is 22.9 Å². The molecule has 0 aliphatic carbocycles. The summed E-state index contributed by atoms with van der Waals surface area (Å²) in [6.07, 6.45) is 0. The van der Waals surface area contributed by atoms with Crippen molar-refractivity contribution in [2.75, 3.05) is 27.2 Å². The maximum atomic E-state index is 14.0. The molecule has 0 saturated carbocycles. The fourth-order valence-corrected chi connectivity index (χ4v) is 3.69. The van der Waals surface area contributed by atoms with Crippen LogP contribution in [-0.2, 0) is 16.6 Å². The Morgan fingerprint density at radius 1 is 1.28 bits per heavy atom. The van der Waals surface area contributed by atoms with Gasteiger partial charge < -0.3 is 14.9 Å². The molecule has 0 spiro atoms. The minimum Gasteiger partial charge on any atom is -0.507 e. The number of rotatable bonds is 5. The monoisotopic (exact) mass is 400 g/mol. The number of aliphatic hydroxyl groups excluding tert-OH is 1. The molecule has 29 heavy (non-hydrogen) atoms. The van der Waals surface area contributed by atoms with Gasteiger partial charge in [-0.15, -0.1) is 0 Å². The van der Waals surface area contributed by atoms with Gasteiger partial charge >= 0.3 is 0 Å². The standard InChI is InChI=1S/C21H25FN4O3/c1-12-16(13(2)25(5)23-12)19(27)17-18(14-7-6-8-15(22)11-14)26(10-9-24(3)4)21(29)20(17)28/h6-8,11,18,27H,9-10H2,1-5H3/b19-17+. The topological polar surface area (TPSA) is 78.7 Å². The van der Waals surface area contributed by atoms with Crippen LogP contribution in [0.1, 0.15) is 28.6 Å². The molecular weight excluding hydrogens is 375 g/mol. The van der Waals surface area contributed by atoms with E-state index in [-0.39, 0.29) is 17.9 Å². The minimum atomic E-state index is -0.871. The number of carbonyl (C=O) groups excluding carboxylic acids is 2. The van der Waals surface area contributed by atoms with E-state index in [9.17, 15) is 19.1 Å². The summed E-state index contributed by atoms with van der Waals surface area (Å²) in [5.41, 5.74) is 2.01. The van der Waals surface area contributed by atoms with E-state index in [4.69, 9.17) is 0 Å². The third-order valence-electron chi connectivity index (χ3n) is 5.24. The zero-order valence-corrected chi connectivity index (χ0v) is 17.2. The number of nitrogens with zero attached hydrogens (tertiary/aromatic N) is 4. The van der Waals surface area contributed by atoms with Gasteiger partial charge in [-0.1, -0.05) is 12.1 Å². The molecule has 0 radical (unpaired) electrons. The Bertz CT molecular complexity index is 1010. The lowest BCUT2D eigenvalue weighted by atomic mass is 9.94. The molecule has 1 fully saturated rings. The molecule has 1 atom stereocenters. The number of carbonyl (C=O) groups is 2. The van der Waals surface area contributed by atoms with Crippen LogP contribution in [0.2, 0.25) is 0 Å². The smallest absolute Gasteiger partial charge is 0.295 e. The normalized spacial score (nSPS) is 18.9. The maximum Gasteiger partial charge on any atom is 0.295 e. The fourth-order valence-electron chi connectivity index (χ4n) is 3.69. The molecule has 1 aromatic heterocycles. The SMILES string of the molecule is Cc1nn(C)c(C)c1/C(O)=C1\C(=O)C(=O)N(CCN(C)C)C1c1cccc(F)c1. The number of Topliss-reactive ketones (excluding diaryl/α,β-unsaturated/α-hetero) is 1. The van der Waals surface area contributed by atoms with Crippen molar-refractivity contribution in [1.82, 2.24) is 19.6 Å². The van der Waals surface area contributed by atoms with Crippen molar-refractivity contribution in [2.24, 2.45) is 7.05 Å². The lowest BCUT2D eigenvalue weighted by molar-refractivity contribution is -0.140. The largest absolute Gasteiger partial charge is 0.507 e. The van der Waals surface area contributed by atoms with E-state index in [0.717, 1.165) is 0 Å². The highest BCUT2D eigenvalue weighted by Gasteiger charge is 2.46. The van der Waals surface area contributed by atoms with Crippen molar-refractivity contribution in [1.29, 1.82) is 0 Å². The molecule has 2 aromatic rings. The summed E-state index contributed by atoms with van der Waals surface area (Å²) in [6, 6.07) is 4.89. The summed E-state index contributed by atoms with van der Waals surface area (Å²) in [6.45, 7) is 4.28. The van der Waals surface area contributed by atoms with Gasteiger partial charge in [0.1, 0.15) is 11.6 Å². The highest BCUT2D eigenvalue weighted by atomic mass is 19.1. The van der Waals surface area contributed by atoms with Crippen molar-refractivity contribution in [2.45, 2.75) is 19.9 Å². The van der Waals surface area contributed by atoms with Gasteiger partial charge in [0.15, 0.2) is 0 Å². The first-order chi connectivity index (χ1) is 13.6. The first-order valence-electron chi connectivity index (χ1n) is 9.32.